The minimum absolute atomic E-state index is 0.800. The highest BCUT2D eigenvalue weighted by Crippen LogP contribution is 2.15. The maximum Gasteiger partial charge on any atom is 0.128 e. The normalized spacial score (nSPS) is 16.8. The fourth-order valence-electron chi connectivity index (χ4n) is 1.42. The third-order valence-electron chi connectivity index (χ3n) is 2.19. The van der Waals surface area contributed by atoms with Gasteiger partial charge in [0.1, 0.15) is 5.82 Å². The van der Waals surface area contributed by atoms with Gasteiger partial charge in [-0.15, -0.1) is 0 Å². The molecule has 14 heavy (non-hydrogen) atoms. The minimum atomic E-state index is 0.800. The first-order chi connectivity index (χ1) is 6.90. The average molecular weight is 305 g/mol. The lowest BCUT2D eigenvalue weighted by molar-refractivity contribution is 0.122. The van der Waals surface area contributed by atoms with Crippen LogP contribution in [0.2, 0.25) is 0 Å². The van der Waals surface area contributed by atoms with E-state index in [-0.39, 0.29) is 0 Å². The number of hydrogen-bond acceptors (Lipinski definition) is 4. The molecular formula is C9H12IN3O. The molecule has 1 N–H and O–H groups in total. The Morgan fingerprint density at radius 2 is 2.14 bits per heavy atom. The van der Waals surface area contributed by atoms with E-state index in [2.05, 4.69) is 36.3 Å². The van der Waals surface area contributed by atoms with Crippen molar-refractivity contribution in [3.05, 3.63) is 18.3 Å². The van der Waals surface area contributed by atoms with Gasteiger partial charge in [0.2, 0.25) is 0 Å². The van der Waals surface area contributed by atoms with Crippen LogP contribution in [0.15, 0.2) is 18.3 Å². The topological polar surface area (TPSA) is 37.4 Å². The molecule has 1 fully saturated rings. The van der Waals surface area contributed by atoms with Gasteiger partial charge >= 0.3 is 0 Å². The Morgan fingerprint density at radius 1 is 1.36 bits per heavy atom. The van der Waals surface area contributed by atoms with Gasteiger partial charge in [-0.25, -0.2) is 4.98 Å². The smallest absolute Gasteiger partial charge is 0.128 e. The number of anilines is 2. The summed E-state index contributed by atoms with van der Waals surface area (Å²) in [5.41, 5.74) is 1.03. The first kappa shape index (κ1) is 9.97. The number of nitrogens with zero attached hydrogens (tertiary/aromatic N) is 2. The SMILES string of the molecule is INc1ccc(N2CCOCC2)nc1. The lowest BCUT2D eigenvalue weighted by Crippen LogP contribution is -2.36. The summed E-state index contributed by atoms with van der Waals surface area (Å²) < 4.78 is 8.30. The number of pyridine rings is 1. The summed E-state index contributed by atoms with van der Waals surface area (Å²) in [7, 11) is 0. The second-order valence-electron chi connectivity index (χ2n) is 3.10. The van der Waals surface area contributed by atoms with Crippen LogP contribution in [0, 0.1) is 0 Å². The van der Waals surface area contributed by atoms with Crippen molar-refractivity contribution in [3.8, 4) is 0 Å². The summed E-state index contributed by atoms with van der Waals surface area (Å²) in [5.74, 6) is 1.03. The van der Waals surface area contributed by atoms with Crippen molar-refractivity contribution in [2.75, 3.05) is 34.7 Å². The minimum Gasteiger partial charge on any atom is -0.378 e. The van der Waals surface area contributed by atoms with E-state index in [1.54, 1.807) is 0 Å². The summed E-state index contributed by atoms with van der Waals surface area (Å²) in [4.78, 5) is 6.61. The molecule has 1 aromatic heterocycles. The fourth-order valence-corrected chi connectivity index (χ4v) is 1.74. The maximum atomic E-state index is 5.28. The van der Waals surface area contributed by atoms with E-state index in [4.69, 9.17) is 4.74 Å². The molecule has 0 unspecified atom stereocenters. The van der Waals surface area contributed by atoms with Crippen LogP contribution in [-0.4, -0.2) is 31.3 Å². The third-order valence-corrected chi connectivity index (χ3v) is 2.81. The Kier molecular flexibility index (Phi) is 3.41. The molecule has 0 spiro atoms. The molecule has 2 heterocycles. The van der Waals surface area contributed by atoms with Crippen LogP contribution in [0.25, 0.3) is 0 Å². The van der Waals surface area contributed by atoms with Gasteiger partial charge in [-0.1, -0.05) is 0 Å². The molecule has 0 atom stereocenters. The Bertz CT molecular complexity index is 285. The number of morpholine rings is 1. The van der Waals surface area contributed by atoms with Gasteiger partial charge in [-0.3, -0.25) is 0 Å². The van der Waals surface area contributed by atoms with Gasteiger partial charge in [0.25, 0.3) is 0 Å². The molecule has 4 nitrogen and oxygen atoms in total. The number of hydrogen-bond donors (Lipinski definition) is 1. The van der Waals surface area contributed by atoms with E-state index in [1.165, 1.54) is 0 Å². The summed E-state index contributed by atoms with van der Waals surface area (Å²) in [6.07, 6.45) is 1.84. The molecule has 1 aliphatic heterocycles. The van der Waals surface area contributed by atoms with E-state index in [1.807, 2.05) is 18.3 Å². The Hall–Kier alpha value is -0.560. The van der Waals surface area contributed by atoms with Gasteiger partial charge in [-0.05, 0) is 12.1 Å². The van der Waals surface area contributed by atoms with Crippen LogP contribution in [-0.2, 0) is 4.74 Å². The van der Waals surface area contributed by atoms with Crippen LogP contribution in [0.5, 0.6) is 0 Å². The molecule has 1 saturated heterocycles. The maximum absolute atomic E-state index is 5.28. The highest BCUT2D eigenvalue weighted by Gasteiger charge is 2.11. The second-order valence-corrected chi connectivity index (χ2v) is 3.64. The van der Waals surface area contributed by atoms with Crippen LogP contribution >= 0.6 is 22.9 Å². The quantitative estimate of drug-likeness (QED) is 0.666. The van der Waals surface area contributed by atoms with Gasteiger partial charge in [0.05, 0.1) is 48.0 Å². The van der Waals surface area contributed by atoms with Crippen molar-refractivity contribution < 1.29 is 4.74 Å². The van der Waals surface area contributed by atoms with E-state index in [0.29, 0.717) is 0 Å². The predicted octanol–water partition coefficient (Wildman–Crippen LogP) is 1.68. The largest absolute Gasteiger partial charge is 0.378 e. The molecule has 0 saturated carbocycles. The van der Waals surface area contributed by atoms with E-state index < -0.39 is 0 Å². The van der Waals surface area contributed by atoms with Crippen molar-refractivity contribution in [2.45, 2.75) is 0 Å². The van der Waals surface area contributed by atoms with Crippen molar-refractivity contribution in [2.24, 2.45) is 0 Å². The number of halogens is 1. The lowest BCUT2D eigenvalue weighted by Gasteiger charge is -2.27. The van der Waals surface area contributed by atoms with Crippen molar-refractivity contribution >= 4 is 34.4 Å². The van der Waals surface area contributed by atoms with Crippen LogP contribution in [0.4, 0.5) is 11.5 Å². The third kappa shape index (κ3) is 2.27. The van der Waals surface area contributed by atoms with Crippen LogP contribution in [0.3, 0.4) is 0 Å². The first-order valence-electron chi connectivity index (χ1n) is 4.55. The predicted molar refractivity (Wildman–Crippen MR) is 64.9 cm³/mol. The number of aromatic nitrogens is 1. The molecule has 0 bridgehead atoms. The number of ether oxygens (including phenoxy) is 1. The van der Waals surface area contributed by atoms with Crippen molar-refractivity contribution in [3.63, 3.8) is 0 Å². The molecule has 1 aliphatic rings. The van der Waals surface area contributed by atoms with Crippen LogP contribution in [0.1, 0.15) is 0 Å². The average Bonchev–Trinajstić information content (AvgIpc) is 2.30. The summed E-state index contributed by atoms with van der Waals surface area (Å²) in [6, 6.07) is 4.07. The van der Waals surface area contributed by atoms with Crippen LogP contribution < -0.4 is 8.43 Å². The lowest BCUT2D eigenvalue weighted by atomic mass is 10.3. The van der Waals surface area contributed by atoms with Gasteiger partial charge in [0.15, 0.2) is 0 Å². The molecule has 0 aliphatic carbocycles. The molecule has 0 radical (unpaired) electrons. The van der Waals surface area contributed by atoms with Gasteiger partial charge in [-0.2, -0.15) is 0 Å². The van der Waals surface area contributed by atoms with Gasteiger partial charge < -0.3 is 13.2 Å². The summed E-state index contributed by atoms with van der Waals surface area (Å²) in [5, 5.41) is 0. The Balaban J connectivity index is 2.07. The zero-order valence-electron chi connectivity index (χ0n) is 7.74. The number of rotatable bonds is 2. The molecule has 2 rings (SSSR count). The fraction of sp³-hybridized carbons (Fsp3) is 0.444. The van der Waals surface area contributed by atoms with E-state index >= 15 is 0 Å². The second kappa shape index (κ2) is 4.79. The zero-order valence-corrected chi connectivity index (χ0v) is 9.90. The molecule has 0 amide bonds. The summed E-state index contributed by atoms with van der Waals surface area (Å²) in [6.45, 7) is 3.47. The zero-order chi connectivity index (χ0) is 9.80. The molecule has 76 valence electrons. The standard InChI is InChI=1S/C9H12IN3O/c10-12-8-1-2-9(11-7-8)13-3-5-14-6-4-13/h1-2,7,12H,3-6H2. The monoisotopic (exact) mass is 305 g/mol. The highest BCUT2D eigenvalue weighted by molar-refractivity contribution is 14.1. The molecule has 5 heteroatoms. The molecule has 1 aromatic rings. The van der Waals surface area contributed by atoms with Crippen molar-refractivity contribution in [1.29, 1.82) is 0 Å². The summed E-state index contributed by atoms with van der Waals surface area (Å²) >= 11 is 2.10. The Morgan fingerprint density at radius 3 is 2.71 bits per heavy atom. The number of nitrogens with one attached hydrogen (secondary N) is 1. The van der Waals surface area contributed by atoms with E-state index in [9.17, 15) is 0 Å². The van der Waals surface area contributed by atoms with Crippen molar-refractivity contribution in [1.82, 2.24) is 4.98 Å². The van der Waals surface area contributed by atoms with E-state index in [0.717, 1.165) is 37.8 Å². The molecule has 0 aromatic carbocycles. The first-order valence-corrected chi connectivity index (χ1v) is 5.63. The Labute approximate surface area is 97.1 Å². The highest BCUT2D eigenvalue weighted by atomic mass is 127. The van der Waals surface area contributed by atoms with Gasteiger partial charge in [0, 0.05) is 13.1 Å². The molecular weight excluding hydrogens is 293 g/mol.